The van der Waals surface area contributed by atoms with E-state index < -0.39 is 0 Å². The lowest BCUT2D eigenvalue weighted by molar-refractivity contribution is -0.133. The molecule has 2 fully saturated rings. The zero-order valence-corrected chi connectivity index (χ0v) is 14.2. The number of hydrogen-bond donors (Lipinski definition) is 0. The molecule has 2 aliphatic rings. The van der Waals surface area contributed by atoms with Crippen LogP contribution in [0.2, 0.25) is 0 Å². The number of benzene rings is 1. The van der Waals surface area contributed by atoms with Gasteiger partial charge in [-0.15, -0.1) is 11.3 Å². The van der Waals surface area contributed by atoms with Crippen molar-refractivity contribution in [2.24, 2.45) is 0 Å². The number of anilines is 1. The summed E-state index contributed by atoms with van der Waals surface area (Å²) >= 11 is 1.63. The van der Waals surface area contributed by atoms with Gasteiger partial charge in [-0.3, -0.25) is 9.59 Å². The number of carbonyl (C=O) groups is 2. The highest BCUT2D eigenvalue weighted by atomic mass is 32.1. The van der Waals surface area contributed by atoms with Crippen LogP contribution in [-0.4, -0.2) is 35.3 Å². The Morgan fingerprint density at radius 1 is 1.08 bits per heavy atom. The summed E-state index contributed by atoms with van der Waals surface area (Å²) in [6.45, 7) is 0.746. The van der Waals surface area contributed by atoms with Crippen molar-refractivity contribution in [2.45, 2.75) is 37.8 Å². The minimum Gasteiger partial charge on any atom is -0.337 e. The minimum atomic E-state index is 0.112. The largest absolute Gasteiger partial charge is 0.337 e. The first kappa shape index (κ1) is 15.4. The number of thiophene rings is 1. The van der Waals surface area contributed by atoms with Gasteiger partial charge in [0.15, 0.2) is 0 Å². The van der Waals surface area contributed by atoms with Gasteiger partial charge in [0.25, 0.3) is 0 Å². The molecule has 2 aliphatic heterocycles. The van der Waals surface area contributed by atoms with Gasteiger partial charge >= 0.3 is 0 Å². The zero-order valence-electron chi connectivity index (χ0n) is 13.4. The molecule has 4 nitrogen and oxygen atoms in total. The molecule has 2 atom stereocenters. The molecule has 4 rings (SSSR count). The van der Waals surface area contributed by atoms with Crippen LogP contribution in [0.25, 0.3) is 0 Å². The van der Waals surface area contributed by atoms with Gasteiger partial charge in [-0.2, -0.15) is 0 Å². The van der Waals surface area contributed by atoms with Crippen LogP contribution in [0.4, 0.5) is 5.69 Å². The van der Waals surface area contributed by atoms with Crippen LogP contribution >= 0.6 is 11.3 Å². The highest BCUT2D eigenvalue weighted by molar-refractivity contribution is 7.10. The minimum absolute atomic E-state index is 0.112. The summed E-state index contributed by atoms with van der Waals surface area (Å²) in [6, 6.07) is 14.1. The van der Waals surface area contributed by atoms with Crippen molar-refractivity contribution < 1.29 is 9.59 Å². The summed E-state index contributed by atoms with van der Waals surface area (Å²) < 4.78 is 0. The highest BCUT2D eigenvalue weighted by Gasteiger charge is 2.45. The van der Waals surface area contributed by atoms with Crippen molar-refractivity contribution in [1.82, 2.24) is 4.90 Å². The monoisotopic (exact) mass is 340 g/mol. The Balaban J connectivity index is 1.54. The van der Waals surface area contributed by atoms with Gasteiger partial charge in [0.1, 0.15) is 0 Å². The second kappa shape index (κ2) is 6.40. The fraction of sp³-hybridized carbons (Fsp3) is 0.368. The molecule has 2 amide bonds. The topological polar surface area (TPSA) is 40.6 Å². The molecule has 0 saturated carbocycles. The average Bonchev–Trinajstić information content (AvgIpc) is 3.25. The van der Waals surface area contributed by atoms with Crippen molar-refractivity contribution >= 4 is 28.8 Å². The molecule has 2 aromatic rings. The maximum atomic E-state index is 12.7. The van der Waals surface area contributed by atoms with Crippen molar-refractivity contribution in [2.75, 3.05) is 11.4 Å². The quantitative estimate of drug-likeness (QED) is 0.861. The van der Waals surface area contributed by atoms with Crippen LogP contribution in [0, 0.1) is 0 Å². The summed E-state index contributed by atoms with van der Waals surface area (Å²) in [5, 5.41) is 2.01. The highest BCUT2D eigenvalue weighted by Crippen LogP contribution is 2.35. The number of carbonyl (C=O) groups excluding carboxylic acids is 2. The Hall–Kier alpha value is -2.14. The number of amides is 2. The van der Waals surface area contributed by atoms with E-state index >= 15 is 0 Å². The summed E-state index contributed by atoms with van der Waals surface area (Å²) in [5.41, 5.74) is 0.949. The number of para-hydroxylation sites is 1. The van der Waals surface area contributed by atoms with E-state index in [2.05, 4.69) is 0 Å². The van der Waals surface area contributed by atoms with E-state index in [0.717, 1.165) is 30.0 Å². The molecular weight excluding hydrogens is 320 g/mol. The van der Waals surface area contributed by atoms with Gasteiger partial charge in [0, 0.05) is 23.5 Å². The van der Waals surface area contributed by atoms with Gasteiger partial charge in [0.2, 0.25) is 11.8 Å². The van der Waals surface area contributed by atoms with Gasteiger partial charge in [-0.05, 0) is 36.4 Å². The third-order valence-corrected chi connectivity index (χ3v) is 5.90. The third kappa shape index (κ3) is 2.73. The van der Waals surface area contributed by atoms with Crippen LogP contribution in [0.15, 0.2) is 47.8 Å². The van der Waals surface area contributed by atoms with Crippen molar-refractivity contribution in [3.05, 3.63) is 52.7 Å². The number of rotatable bonds is 3. The molecule has 0 unspecified atom stereocenters. The van der Waals surface area contributed by atoms with Gasteiger partial charge < -0.3 is 9.80 Å². The Labute approximate surface area is 145 Å². The molecule has 1 aromatic heterocycles. The van der Waals surface area contributed by atoms with Crippen LogP contribution in [-0.2, 0) is 16.0 Å². The third-order valence-electron chi connectivity index (χ3n) is 5.02. The van der Waals surface area contributed by atoms with Crippen molar-refractivity contribution in [3.63, 3.8) is 0 Å². The smallest absolute Gasteiger partial charge is 0.228 e. The first-order valence-electron chi connectivity index (χ1n) is 8.43. The lowest BCUT2D eigenvalue weighted by Crippen LogP contribution is -2.53. The zero-order chi connectivity index (χ0) is 16.5. The van der Waals surface area contributed by atoms with Crippen molar-refractivity contribution in [1.29, 1.82) is 0 Å². The van der Waals surface area contributed by atoms with E-state index in [9.17, 15) is 9.59 Å². The van der Waals surface area contributed by atoms with Crippen LogP contribution in [0.5, 0.6) is 0 Å². The van der Waals surface area contributed by atoms with E-state index in [-0.39, 0.29) is 23.9 Å². The van der Waals surface area contributed by atoms with E-state index in [1.54, 1.807) is 11.3 Å². The molecule has 1 aromatic carbocycles. The summed E-state index contributed by atoms with van der Waals surface area (Å²) in [5.74, 6) is 0.363. The average molecular weight is 340 g/mol. The lowest BCUT2D eigenvalue weighted by atomic mass is 9.95. The lowest BCUT2D eigenvalue weighted by Gasteiger charge is -2.39. The Morgan fingerprint density at radius 2 is 1.92 bits per heavy atom. The SMILES string of the molecule is O=C(Cc1cccs1)N1CC[C@@H]2[C@H]1CCC(=O)N2c1ccccc1. The van der Waals surface area contributed by atoms with Gasteiger partial charge in [-0.25, -0.2) is 0 Å². The Morgan fingerprint density at radius 3 is 2.67 bits per heavy atom. The van der Waals surface area contributed by atoms with Crippen LogP contribution in [0.1, 0.15) is 24.1 Å². The fourth-order valence-corrected chi connectivity index (χ4v) is 4.66. The van der Waals surface area contributed by atoms with E-state index in [4.69, 9.17) is 0 Å². The summed E-state index contributed by atoms with van der Waals surface area (Å²) in [7, 11) is 0. The van der Waals surface area contributed by atoms with Gasteiger partial charge in [0.05, 0.1) is 18.5 Å². The van der Waals surface area contributed by atoms with E-state index in [1.807, 2.05) is 57.6 Å². The molecule has 0 bridgehead atoms. The van der Waals surface area contributed by atoms with Crippen molar-refractivity contribution in [3.8, 4) is 0 Å². The molecule has 0 N–H and O–H groups in total. The molecular formula is C19H20N2O2S. The predicted octanol–water partition coefficient (Wildman–Crippen LogP) is 3.09. The number of likely N-dealkylation sites (tertiary alicyclic amines) is 1. The second-order valence-electron chi connectivity index (χ2n) is 6.40. The standard InChI is InChI=1S/C19H20N2O2S/c22-18-9-8-16-17(21(18)14-5-2-1-3-6-14)10-11-20(16)19(23)13-15-7-4-12-24-15/h1-7,12,16-17H,8-11,13H2/t16-,17-/m1/s1. The molecule has 124 valence electrons. The number of piperidine rings is 1. The predicted molar refractivity (Wildman–Crippen MR) is 95.1 cm³/mol. The number of nitrogens with zero attached hydrogens (tertiary/aromatic N) is 2. The Kier molecular flexibility index (Phi) is 4.10. The van der Waals surface area contributed by atoms with Crippen LogP contribution in [0.3, 0.4) is 0 Å². The number of fused-ring (bicyclic) bond motifs is 1. The normalized spacial score (nSPS) is 23.4. The molecule has 2 saturated heterocycles. The van der Waals surface area contributed by atoms with Gasteiger partial charge in [-0.1, -0.05) is 24.3 Å². The second-order valence-corrected chi connectivity index (χ2v) is 7.44. The first-order valence-corrected chi connectivity index (χ1v) is 9.31. The summed E-state index contributed by atoms with van der Waals surface area (Å²) in [4.78, 5) is 30.3. The molecule has 0 radical (unpaired) electrons. The van der Waals surface area contributed by atoms with Crippen LogP contribution < -0.4 is 4.90 Å². The molecule has 24 heavy (non-hydrogen) atoms. The molecule has 0 aliphatic carbocycles. The van der Waals surface area contributed by atoms with E-state index in [0.29, 0.717) is 12.8 Å². The number of hydrogen-bond acceptors (Lipinski definition) is 3. The molecule has 3 heterocycles. The summed E-state index contributed by atoms with van der Waals surface area (Å²) in [6.07, 6.45) is 2.63. The molecule has 0 spiro atoms. The maximum absolute atomic E-state index is 12.7. The Bertz CT molecular complexity index is 729. The van der Waals surface area contributed by atoms with E-state index in [1.165, 1.54) is 0 Å². The first-order chi connectivity index (χ1) is 11.7. The maximum Gasteiger partial charge on any atom is 0.228 e. The molecule has 5 heteroatoms. The fourth-order valence-electron chi connectivity index (χ4n) is 3.96.